The molecule has 2 N–H and O–H groups in total. The van der Waals surface area contributed by atoms with Gasteiger partial charge in [-0.05, 0) is 52.9 Å². The smallest absolute Gasteiger partial charge is 0.313 e. The molecule has 0 aliphatic heterocycles. The van der Waals surface area contributed by atoms with Crippen LogP contribution in [0.1, 0.15) is 73.6 Å². The molecule has 0 radical (unpaired) electrons. The average molecular weight is 384 g/mol. The number of carbonyl (C=O) groups is 3. The molecule has 0 aromatic carbocycles. The number of rotatable bonds is 9. The summed E-state index contributed by atoms with van der Waals surface area (Å²) in [6, 6.07) is 0. The molecule has 0 amide bonds. The Bertz CT molecular complexity index is 537. The molecule has 1 aliphatic rings. The number of esters is 2. The van der Waals surface area contributed by atoms with Crippen molar-refractivity contribution in [2.75, 3.05) is 13.2 Å². The SMILES string of the molecule is CC(=O)C1CCCCC1C(=O)OCCOC(=O)C(C)(CC(C)C)C(C)(C)N. The second-order valence-electron chi connectivity index (χ2n) is 9.06. The standard InChI is InChI=1S/C21H37NO5/c1-14(2)13-21(6,20(4,5)22)19(25)27-12-11-26-18(24)17-10-8-7-9-16(17)15(3)23/h14,16-17H,7-13,22H2,1-6H3. The Labute approximate surface area is 163 Å². The van der Waals surface area contributed by atoms with Gasteiger partial charge in [-0.1, -0.05) is 26.7 Å². The first-order valence-corrected chi connectivity index (χ1v) is 10.0. The van der Waals surface area contributed by atoms with Crippen LogP contribution in [0.4, 0.5) is 0 Å². The molecule has 0 bridgehead atoms. The van der Waals surface area contributed by atoms with E-state index in [0.29, 0.717) is 12.8 Å². The summed E-state index contributed by atoms with van der Waals surface area (Å²) in [7, 11) is 0. The molecular formula is C21H37NO5. The normalized spacial score (nSPS) is 22.8. The van der Waals surface area contributed by atoms with Crippen LogP contribution in [-0.2, 0) is 23.9 Å². The fourth-order valence-corrected chi connectivity index (χ4v) is 3.87. The molecule has 1 rings (SSSR count). The third-order valence-electron chi connectivity index (χ3n) is 5.84. The van der Waals surface area contributed by atoms with E-state index >= 15 is 0 Å². The van der Waals surface area contributed by atoms with Crippen LogP contribution in [0.15, 0.2) is 0 Å². The van der Waals surface area contributed by atoms with E-state index in [0.717, 1.165) is 19.3 Å². The van der Waals surface area contributed by atoms with E-state index in [9.17, 15) is 14.4 Å². The van der Waals surface area contributed by atoms with Crippen molar-refractivity contribution in [3.05, 3.63) is 0 Å². The van der Waals surface area contributed by atoms with Crippen molar-refractivity contribution in [3.63, 3.8) is 0 Å². The molecule has 0 heterocycles. The van der Waals surface area contributed by atoms with Crippen LogP contribution < -0.4 is 5.73 Å². The van der Waals surface area contributed by atoms with Gasteiger partial charge >= 0.3 is 11.9 Å². The van der Waals surface area contributed by atoms with Gasteiger partial charge in [-0.15, -0.1) is 0 Å². The summed E-state index contributed by atoms with van der Waals surface area (Å²) >= 11 is 0. The number of nitrogens with two attached hydrogens (primary N) is 1. The van der Waals surface area contributed by atoms with E-state index in [-0.39, 0.29) is 48.7 Å². The average Bonchev–Trinajstić information content (AvgIpc) is 2.56. The van der Waals surface area contributed by atoms with Crippen molar-refractivity contribution in [3.8, 4) is 0 Å². The molecule has 0 aromatic rings. The molecule has 0 saturated heterocycles. The Morgan fingerprint density at radius 1 is 1.00 bits per heavy atom. The topological polar surface area (TPSA) is 95.7 Å². The predicted molar refractivity (Wildman–Crippen MR) is 104 cm³/mol. The minimum absolute atomic E-state index is 0.00550. The van der Waals surface area contributed by atoms with Gasteiger partial charge in [0.2, 0.25) is 0 Å². The van der Waals surface area contributed by atoms with Gasteiger partial charge in [0.1, 0.15) is 19.0 Å². The van der Waals surface area contributed by atoms with E-state index in [1.54, 1.807) is 0 Å². The molecule has 3 unspecified atom stereocenters. The van der Waals surface area contributed by atoms with Gasteiger partial charge in [-0.25, -0.2) is 0 Å². The summed E-state index contributed by atoms with van der Waals surface area (Å²) in [5, 5.41) is 0. The zero-order valence-corrected chi connectivity index (χ0v) is 17.8. The van der Waals surface area contributed by atoms with Crippen LogP contribution in [0.3, 0.4) is 0 Å². The van der Waals surface area contributed by atoms with Crippen LogP contribution in [0.2, 0.25) is 0 Å². The maximum Gasteiger partial charge on any atom is 0.313 e. The van der Waals surface area contributed by atoms with Gasteiger partial charge < -0.3 is 15.2 Å². The molecule has 1 fully saturated rings. The van der Waals surface area contributed by atoms with Crippen LogP contribution in [0, 0.1) is 23.2 Å². The lowest BCUT2D eigenvalue weighted by atomic mass is 9.68. The lowest BCUT2D eigenvalue weighted by Gasteiger charge is -2.40. The van der Waals surface area contributed by atoms with Crippen molar-refractivity contribution < 1.29 is 23.9 Å². The first-order chi connectivity index (χ1) is 12.4. The van der Waals surface area contributed by atoms with E-state index in [1.807, 2.05) is 34.6 Å². The van der Waals surface area contributed by atoms with Gasteiger partial charge in [0.15, 0.2) is 0 Å². The predicted octanol–water partition coefficient (Wildman–Crippen LogP) is 3.26. The van der Waals surface area contributed by atoms with E-state index in [2.05, 4.69) is 0 Å². The fraction of sp³-hybridized carbons (Fsp3) is 0.857. The molecule has 0 aromatic heterocycles. The first kappa shape index (κ1) is 23.6. The summed E-state index contributed by atoms with van der Waals surface area (Å²) in [5.41, 5.74) is 4.68. The monoisotopic (exact) mass is 383 g/mol. The van der Waals surface area contributed by atoms with Crippen molar-refractivity contribution in [1.82, 2.24) is 0 Å². The molecule has 0 spiro atoms. The van der Waals surface area contributed by atoms with Crippen molar-refractivity contribution in [2.24, 2.45) is 28.9 Å². The third-order valence-corrected chi connectivity index (χ3v) is 5.84. The molecule has 156 valence electrons. The highest BCUT2D eigenvalue weighted by atomic mass is 16.6. The number of hydrogen-bond donors (Lipinski definition) is 1. The quantitative estimate of drug-likeness (QED) is 0.485. The number of Topliss-reactive ketones (excluding diaryl/α,β-unsaturated/α-hetero) is 1. The van der Waals surface area contributed by atoms with Crippen molar-refractivity contribution in [2.45, 2.75) is 79.2 Å². The molecule has 1 saturated carbocycles. The summed E-state index contributed by atoms with van der Waals surface area (Å²) in [6.45, 7) is 11.1. The Morgan fingerprint density at radius 3 is 2.00 bits per heavy atom. The molecule has 6 heteroatoms. The van der Waals surface area contributed by atoms with Gasteiger partial charge in [0.25, 0.3) is 0 Å². The zero-order valence-electron chi connectivity index (χ0n) is 17.8. The highest BCUT2D eigenvalue weighted by molar-refractivity contribution is 5.85. The number of ketones is 1. The fourth-order valence-electron chi connectivity index (χ4n) is 3.87. The molecule has 3 atom stereocenters. The Balaban J connectivity index is 2.55. The molecule has 6 nitrogen and oxygen atoms in total. The summed E-state index contributed by atoms with van der Waals surface area (Å²) < 4.78 is 10.7. The van der Waals surface area contributed by atoms with Gasteiger partial charge in [0, 0.05) is 11.5 Å². The molecule has 27 heavy (non-hydrogen) atoms. The van der Waals surface area contributed by atoms with Crippen molar-refractivity contribution in [1.29, 1.82) is 0 Å². The summed E-state index contributed by atoms with van der Waals surface area (Å²) in [4.78, 5) is 36.7. The maximum absolute atomic E-state index is 12.6. The zero-order chi connectivity index (χ0) is 20.8. The van der Waals surface area contributed by atoms with Gasteiger partial charge in [-0.3, -0.25) is 14.4 Å². The van der Waals surface area contributed by atoms with Gasteiger partial charge in [0.05, 0.1) is 11.3 Å². The third kappa shape index (κ3) is 6.30. The van der Waals surface area contributed by atoms with Crippen molar-refractivity contribution >= 4 is 17.7 Å². The largest absolute Gasteiger partial charge is 0.462 e. The highest BCUT2D eigenvalue weighted by Crippen LogP contribution is 2.37. The lowest BCUT2D eigenvalue weighted by Crippen LogP contribution is -2.55. The van der Waals surface area contributed by atoms with E-state index < -0.39 is 11.0 Å². The Kier molecular flexibility index (Phi) is 8.46. The molecule has 1 aliphatic carbocycles. The van der Waals surface area contributed by atoms with Crippen LogP contribution in [0.25, 0.3) is 0 Å². The van der Waals surface area contributed by atoms with Crippen LogP contribution >= 0.6 is 0 Å². The number of hydrogen-bond acceptors (Lipinski definition) is 6. The second kappa shape index (κ2) is 9.67. The lowest BCUT2D eigenvalue weighted by molar-refractivity contribution is -0.166. The summed E-state index contributed by atoms with van der Waals surface area (Å²) in [6.07, 6.45) is 3.92. The highest BCUT2D eigenvalue weighted by Gasteiger charge is 2.46. The number of ether oxygens (including phenoxy) is 2. The van der Waals surface area contributed by atoms with Crippen LogP contribution in [0.5, 0.6) is 0 Å². The minimum atomic E-state index is -0.825. The second-order valence-corrected chi connectivity index (χ2v) is 9.06. The van der Waals surface area contributed by atoms with E-state index in [4.69, 9.17) is 15.2 Å². The van der Waals surface area contributed by atoms with Crippen LogP contribution in [-0.4, -0.2) is 36.5 Å². The maximum atomic E-state index is 12.6. The Hall–Kier alpha value is -1.43. The van der Waals surface area contributed by atoms with Gasteiger partial charge in [-0.2, -0.15) is 0 Å². The minimum Gasteiger partial charge on any atom is -0.462 e. The number of carbonyl (C=O) groups excluding carboxylic acids is 3. The summed E-state index contributed by atoms with van der Waals surface area (Å²) in [5.74, 6) is -1.04. The first-order valence-electron chi connectivity index (χ1n) is 10.0. The van der Waals surface area contributed by atoms with E-state index in [1.165, 1.54) is 6.92 Å². The molecular weight excluding hydrogens is 346 g/mol. The Morgan fingerprint density at radius 2 is 1.52 bits per heavy atom.